The van der Waals surface area contributed by atoms with Crippen LogP contribution in [0.15, 0.2) is 57.9 Å². The van der Waals surface area contributed by atoms with Crippen molar-refractivity contribution in [2.24, 2.45) is 0 Å². The van der Waals surface area contributed by atoms with Crippen LogP contribution in [0, 0.1) is 11.3 Å². The monoisotopic (exact) mass is 464 g/mol. The first-order valence-corrected chi connectivity index (χ1v) is 10.7. The maximum absolute atomic E-state index is 12.9. The van der Waals surface area contributed by atoms with Gasteiger partial charge in [-0.1, -0.05) is 23.7 Å². The Balaban J connectivity index is 1.38. The summed E-state index contributed by atoms with van der Waals surface area (Å²) in [4.78, 5) is 26.7. The van der Waals surface area contributed by atoms with Gasteiger partial charge in [-0.3, -0.25) is 14.5 Å². The van der Waals surface area contributed by atoms with Gasteiger partial charge in [0.2, 0.25) is 6.79 Å². The van der Waals surface area contributed by atoms with E-state index in [1.807, 2.05) is 6.07 Å². The van der Waals surface area contributed by atoms with Crippen LogP contribution in [0.5, 0.6) is 11.5 Å². The molecule has 3 heterocycles. The van der Waals surface area contributed by atoms with Crippen LogP contribution in [-0.4, -0.2) is 22.8 Å². The molecule has 9 heteroatoms. The number of thioether (sulfide) groups is 1. The van der Waals surface area contributed by atoms with E-state index in [0.29, 0.717) is 44.7 Å². The number of ether oxygens (including phenoxy) is 2. The van der Waals surface area contributed by atoms with Crippen LogP contribution in [0.2, 0.25) is 5.02 Å². The van der Waals surface area contributed by atoms with Crippen LogP contribution >= 0.6 is 23.4 Å². The summed E-state index contributed by atoms with van der Waals surface area (Å²) in [6.07, 6.45) is 1.52. The van der Waals surface area contributed by atoms with Crippen molar-refractivity contribution in [2.45, 2.75) is 6.54 Å². The Labute approximate surface area is 191 Å². The summed E-state index contributed by atoms with van der Waals surface area (Å²) in [5.41, 5.74) is 1.71. The second-order valence-corrected chi connectivity index (χ2v) is 8.32. The minimum absolute atomic E-state index is 0.0103. The average Bonchev–Trinajstić information content (AvgIpc) is 3.50. The zero-order chi connectivity index (χ0) is 22.2. The first kappa shape index (κ1) is 20.2. The summed E-state index contributed by atoms with van der Waals surface area (Å²) in [6.45, 7) is 0.111. The molecule has 0 radical (unpaired) electrons. The van der Waals surface area contributed by atoms with Crippen molar-refractivity contribution >= 4 is 40.6 Å². The highest BCUT2D eigenvalue weighted by Gasteiger charge is 2.36. The number of nitrogens with zero attached hydrogens (tertiary/aromatic N) is 2. The molecule has 2 aromatic carbocycles. The topological polar surface area (TPSA) is 92.8 Å². The number of imide groups is 1. The van der Waals surface area contributed by atoms with E-state index >= 15 is 0 Å². The molecule has 0 saturated carbocycles. The van der Waals surface area contributed by atoms with Crippen molar-refractivity contribution in [3.63, 3.8) is 0 Å². The molecule has 0 aliphatic carbocycles. The highest BCUT2D eigenvalue weighted by atomic mass is 35.5. The number of rotatable bonds is 4. The Kier molecular flexibility index (Phi) is 5.13. The van der Waals surface area contributed by atoms with Crippen molar-refractivity contribution in [2.75, 3.05) is 6.79 Å². The Morgan fingerprint density at radius 1 is 1.12 bits per heavy atom. The van der Waals surface area contributed by atoms with Gasteiger partial charge in [-0.2, -0.15) is 5.26 Å². The molecule has 2 aliphatic heterocycles. The van der Waals surface area contributed by atoms with Gasteiger partial charge in [0.15, 0.2) is 11.5 Å². The highest BCUT2D eigenvalue weighted by Crippen LogP contribution is 2.39. The van der Waals surface area contributed by atoms with E-state index in [-0.39, 0.29) is 18.2 Å². The van der Waals surface area contributed by atoms with Crippen molar-refractivity contribution in [1.29, 1.82) is 5.26 Å². The second kappa shape index (κ2) is 8.11. The Hall–Kier alpha value is -3.67. The first-order chi connectivity index (χ1) is 15.5. The molecule has 7 nitrogen and oxygen atoms in total. The van der Waals surface area contributed by atoms with Crippen molar-refractivity contribution in [3.8, 4) is 28.9 Å². The number of halogens is 1. The number of carbonyl (C=O) groups is 2. The van der Waals surface area contributed by atoms with E-state index in [2.05, 4.69) is 6.07 Å². The van der Waals surface area contributed by atoms with Crippen LogP contribution in [0.25, 0.3) is 17.4 Å². The van der Waals surface area contributed by atoms with Gasteiger partial charge in [-0.25, -0.2) is 0 Å². The number of amides is 2. The van der Waals surface area contributed by atoms with E-state index in [1.165, 1.54) is 6.08 Å². The molecule has 2 aliphatic rings. The van der Waals surface area contributed by atoms with Crippen molar-refractivity contribution < 1.29 is 23.5 Å². The number of carbonyl (C=O) groups excluding carboxylic acids is 2. The molecule has 2 amide bonds. The highest BCUT2D eigenvalue weighted by molar-refractivity contribution is 8.18. The minimum Gasteiger partial charge on any atom is -0.457 e. The summed E-state index contributed by atoms with van der Waals surface area (Å²) in [5.74, 6) is 1.51. The zero-order valence-electron chi connectivity index (χ0n) is 16.3. The molecule has 3 aromatic rings. The third kappa shape index (κ3) is 3.62. The number of furan rings is 1. The molecular weight excluding hydrogens is 452 g/mol. The van der Waals surface area contributed by atoms with Gasteiger partial charge in [-0.15, -0.1) is 0 Å². The maximum Gasteiger partial charge on any atom is 0.293 e. The molecule has 1 aromatic heterocycles. The lowest BCUT2D eigenvalue weighted by Gasteiger charge is -2.14. The fraction of sp³-hybridized carbons (Fsp3) is 0.0870. The molecule has 0 spiro atoms. The maximum atomic E-state index is 12.9. The third-order valence-electron chi connectivity index (χ3n) is 4.96. The number of hydrogen-bond donors (Lipinski definition) is 0. The van der Waals surface area contributed by atoms with Crippen LogP contribution < -0.4 is 9.47 Å². The van der Waals surface area contributed by atoms with Gasteiger partial charge >= 0.3 is 0 Å². The van der Waals surface area contributed by atoms with E-state index < -0.39 is 11.1 Å². The summed E-state index contributed by atoms with van der Waals surface area (Å²) in [6, 6.07) is 15.9. The molecule has 5 rings (SSSR count). The van der Waals surface area contributed by atoms with Crippen molar-refractivity contribution in [1.82, 2.24) is 4.90 Å². The fourth-order valence-electron chi connectivity index (χ4n) is 3.39. The normalized spacial score (nSPS) is 16.1. The first-order valence-electron chi connectivity index (χ1n) is 9.46. The molecule has 0 N–H and O–H groups in total. The van der Waals surface area contributed by atoms with Crippen molar-refractivity contribution in [3.05, 3.63) is 75.3 Å². The predicted molar refractivity (Wildman–Crippen MR) is 118 cm³/mol. The molecule has 1 fully saturated rings. The number of fused-ring (bicyclic) bond motifs is 1. The molecule has 0 unspecified atom stereocenters. The van der Waals surface area contributed by atoms with Crippen LogP contribution in [0.4, 0.5) is 4.79 Å². The number of hydrogen-bond acceptors (Lipinski definition) is 7. The Morgan fingerprint density at radius 3 is 2.72 bits per heavy atom. The number of nitriles is 1. The molecule has 1 saturated heterocycles. The van der Waals surface area contributed by atoms with Crippen LogP contribution in [-0.2, 0) is 11.3 Å². The summed E-state index contributed by atoms with van der Waals surface area (Å²) in [5, 5.41) is 9.26. The largest absolute Gasteiger partial charge is 0.457 e. The van der Waals surface area contributed by atoms with E-state index in [9.17, 15) is 14.9 Å². The zero-order valence-corrected chi connectivity index (χ0v) is 17.9. The van der Waals surface area contributed by atoms with Crippen LogP contribution in [0.3, 0.4) is 0 Å². The van der Waals surface area contributed by atoms with Gasteiger partial charge in [0, 0.05) is 22.7 Å². The molecular formula is C23H13ClN2O5S. The van der Waals surface area contributed by atoms with Gasteiger partial charge in [0.05, 0.1) is 23.1 Å². The van der Waals surface area contributed by atoms with Gasteiger partial charge in [-0.05, 0) is 47.7 Å². The standard InChI is InChI=1S/C23H13ClN2O5S/c24-17-9-20-19(29-12-30-20)7-14(17)11-26-22(27)21(32-23(26)28)8-15-5-6-18(31-15)16-4-2-1-3-13(16)10-25/h1-9H,11-12H2/b21-8+. The summed E-state index contributed by atoms with van der Waals surface area (Å²) in [7, 11) is 0. The Bertz CT molecular complexity index is 1340. The quantitative estimate of drug-likeness (QED) is 0.475. The van der Waals surface area contributed by atoms with E-state index in [0.717, 1.165) is 16.7 Å². The fourth-order valence-corrected chi connectivity index (χ4v) is 4.42. The van der Waals surface area contributed by atoms with Gasteiger partial charge < -0.3 is 13.9 Å². The minimum atomic E-state index is -0.441. The van der Waals surface area contributed by atoms with Gasteiger partial charge in [0.1, 0.15) is 11.5 Å². The molecule has 32 heavy (non-hydrogen) atoms. The van der Waals surface area contributed by atoms with Gasteiger partial charge in [0.25, 0.3) is 11.1 Å². The lowest BCUT2D eigenvalue weighted by atomic mass is 10.1. The lowest BCUT2D eigenvalue weighted by Crippen LogP contribution is -2.27. The number of benzene rings is 2. The lowest BCUT2D eigenvalue weighted by molar-refractivity contribution is -0.123. The third-order valence-corrected chi connectivity index (χ3v) is 6.22. The van der Waals surface area contributed by atoms with Crippen LogP contribution in [0.1, 0.15) is 16.9 Å². The second-order valence-electron chi connectivity index (χ2n) is 6.92. The summed E-state index contributed by atoms with van der Waals surface area (Å²) >= 11 is 7.12. The summed E-state index contributed by atoms with van der Waals surface area (Å²) < 4.78 is 16.4. The smallest absolute Gasteiger partial charge is 0.293 e. The average molecular weight is 465 g/mol. The SMILES string of the molecule is N#Cc1ccccc1-c1ccc(/C=C2/SC(=O)N(Cc3cc4c(cc3Cl)OCO4)C2=O)o1. The molecule has 0 atom stereocenters. The molecule has 0 bridgehead atoms. The molecule has 158 valence electrons. The predicted octanol–water partition coefficient (Wildman–Crippen LogP) is 5.44. The van der Waals surface area contributed by atoms with E-state index in [1.54, 1.807) is 42.5 Å². The Morgan fingerprint density at radius 2 is 1.91 bits per heavy atom. The van der Waals surface area contributed by atoms with E-state index in [4.69, 9.17) is 25.5 Å².